The SMILES string of the molecule is C/C=C/C=C/C(=O)N1CCN(S(=O)(=O)c2ccc(C)c(C)c2)CC1. The third kappa shape index (κ3) is 4.13. The smallest absolute Gasteiger partial charge is 0.246 e. The Kier molecular flexibility index (Phi) is 5.96. The van der Waals surface area contributed by atoms with E-state index < -0.39 is 10.0 Å². The van der Waals surface area contributed by atoms with Crippen molar-refractivity contribution in [3.05, 3.63) is 53.6 Å². The molecule has 1 aromatic rings. The minimum atomic E-state index is -3.51. The molecule has 0 N–H and O–H groups in total. The van der Waals surface area contributed by atoms with Crippen LogP contribution >= 0.6 is 0 Å². The van der Waals surface area contributed by atoms with Gasteiger partial charge in [-0.25, -0.2) is 8.42 Å². The zero-order valence-corrected chi connectivity index (χ0v) is 15.2. The molecule has 1 fully saturated rings. The number of hydrogen-bond acceptors (Lipinski definition) is 3. The monoisotopic (exact) mass is 348 g/mol. The summed E-state index contributed by atoms with van der Waals surface area (Å²) in [4.78, 5) is 14.0. The fourth-order valence-electron chi connectivity index (χ4n) is 2.53. The van der Waals surface area contributed by atoms with Gasteiger partial charge in [0.1, 0.15) is 0 Å². The topological polar surface area (TPSA) is 57.7 Å². The quantitative estimate of drug-likeness (QED) is 0.619. The van der Waals surface area contributed by atoms with Crippen LogP contribution in [0.2, 0.25) is 0 Å². The number of benzene rings is 1. The lowest BCUT2D eigenvalue weighted by Crippen LogP contribution is -2.50. The van der Waals surface area contributed by atoms with Crippen LogP contribution in [-0.4, -0.2) is 49.7 Å². The minimum absolute atomic E-state index is 0.0867. The molecule has 130 valence electrons. The van der Waals surface area contributed by atoms with Gasteiger partial charge in [-0.05, 0) is 44.0 Å². The van der Waals surface area contributed by atoms with E-state index >= 15 is 0 Å². The molecule has 1 saturated heterocycles. The fraction of sp³-hybridized carbons (Fsp3) is 0.389. The van der Waals surface area contributed by atoms with E-state index in [1.165, 1.54) is 10.4 Å². The maximum absolute atomic E-state index is 12.7. The summed E-state index contributed by atoms with van der Waals surface area (Å²) in [6.07, 6.45) is 6.84. The predicted octanol–water partition coefficient (Wildman–Crippen LogP) is 2.27. The molecule has 0 saturated carbocycles. The van der Waals surface area contributed by atoms with Crippen LogP contribution < -0.4 is 0 Å². The Hall–Kier alpha value is -1.92. The Morgan fingerprint density at radius 1 is 1.04 bits per heavy atom. The molecule has 0 spiro atoms. The van der Waals surface area contributed by atoms with Crippen LogP contribution in [0.3, 0.4) is 0 Å². The number of hydrogen-bond donors (Lipinski definition) is 0. The van der Waals surface area contributed by atoms with Crippen LogP contribution in [0.25, 0.3) is 0 Å². The number of carbonyl (C=O) groups is 1. The van der Waals surface area contributed by atoms with Crippen molar-refractivity contribution < 1.29 is 13.2 Å². The molecule has 0 atom stereocenters. The molecular formula is C18H24N2O3S. The molecule has 0 aromatic heterocycles. The second-order valence-corrected chi connectivity index (χ2v) is 7.80. The zero-order chi connectivity index (χ0) is 17.7. The van der Waals surface area contributed by atoms with Crippen molar-refractivity contribution in [3.63, 3.8) is 0 Å². The molecule has 5 nitrogen and oxygen atoms in total. The van der Waals surface area contributed by atoms with Crippen molar-refractivity contribution in [1.82, 2.24) is 9.21 Å². The number of rotatable bonds is 4. The van der Waals surface area contributed by atoms with Gasteiger partial charge in [-0.2, -0.15) is 4.31 Å². The number of carbonyl (C=O) groups excluding carboxylic acids is 1. The number of aryl methyl sites for hydroxylation is 2. The number of sulfonamides is 1. The van der Waals surface area contributed by atoms with Gasteiger partial charge in [0.2, 0.25) is 15.9 Å². The van der Waals surface area contributed by atoms with Gasteiger partial charge in [-0.15, -0.1) is 0 Å². The third-order valence-electron chi connectivity index (χ3n) is 4.21. The lowest BCUT2D eigenvalue weighted by atomic mass is 10.1. The first-order valence-corrected chi connectivity index (χ1v) is 9.46. The van der Waals surface area contributed by atoms with E-state index in [-0.39, 0.29) is 5.91 Å². The fourth-order valence-corrected chi connectivity index (χ4v) is 4.03. The lowest BCUT2D eigenvalue weighted by Gasteiger charge is -2.33. The van der Waals surface area contributed by atoms with Gasteiger partial charge in [0, 0.05) is 32.3 Å². The van der Waals surface area contributed by atoms with Crippen molar-refractivity contribution in [3.8, 4) is 0 Å². The van der Waals surface area contributed by atoms with Crippen LogP contribution in [-0.2, 0) is 14.8 Å². The highest BCUT2D eigenvalue weighted by Gasteiger charge is 2.29. The van der Waals surface area contributed by atoms with Crippen LogP contribution in [0.1, 0.15) is 18.1 Å². The molecule has 1 aliphatic heterocycles. The summed E-state index contributed by atoms with van der Waals surface area (Å²) in [6, 6.07) is 5.19. The highest BCUT2D eigenvalue weighted by atomic mass is 32.2. The Morgan fingerprint density at radius 3 is 2.29 bits per heavy atom. The van der Waals surface area contributed by atoms with E-state index in [0.717, 1.165) is 11.1 Å². The van der Waals surface area contributed by atoms with Crippen LogP contribution in [0.4, 0.5) is 0 Å². The first-order chi connectivity index (χ1) is 11.4. The molecule has 0 unspecified atom stereocenters. The average Bonchev–Trinajstić information content (AvgIpc) is 2.57. The predicted molar refractivity (Wildman–Crippen MR) is 95.2 cm³/mol. The van der Waals surface area contributed by atoms with Crippen molar-refractivity contribution in [2.75, 3.05) is 26.2 Å². The summed E-state index contributed by atoms with van der Waals surface area (Å²) in [5.74, 6) is -0.0867. The molecule has 0 aliphatic carbocycles. The highest BCUT2D eigenvalue weighted by Crippen LogP contribution is 2.20. The molecule has 1 aliphatic rings. The first-order valence-electron chi connectivity index (χ1n) is 8.02. The lowest BCUT2D eigenvalue weighted by molar-refractivity contribution is -0.127. The Balaban J connectivity index is 2.05. The molecule has 2 rings (SSSR count). The number of nitrogens with zero attached hydrogens (tertiary/aromatic N) is 2. The Morgan fingerprint density at radius 2 is 1.71 bits per heavy atom. The van der Waals surface area contributed by atoms with Crippen molar-refractivity contribution >= 4 is 15.9 Å². The maximum atomic E-state index is 12.7. The highest BCUT2D eigenvalue weighted by molar-refractivity contribution is 7.89. The molecular weight excluding hydrogens is 324 g/mol. The van der Waals surface area contributed by atoms with Gasteiger partial charge in [0.05, 0.1) is 4.90 Å². The molecule has 24 heavy (non-hydrogen) atoms. The van der Waals surface area contributed by atoms with Crippen LogP contribution in [0.5, 0.6) is 0 Å². The summed E-state index contributed by atoms with van der Waals surface area (Å²) >= 11 is 0. The molecule has 1 aromatic carbocycles. The molecule has 6 heteroatoms. The summed E-state index contributed by atoms with van der Waals surface area (Å²) in [5, 5.41) is 0. The largest absolute Gasteiger partial charge is 0.337 e. The molecule has 0 bridgehead atoms. The standard InChI is InChI=1S/C18H24N2O3S/c1-4-5-6-7-18(21)19-10-12-20(13-11-19)24(22,23)17-9-8-15(2)16(3)14-17/h4-9,14H,10-13H2,1-3H3/b5-4+,7-6+. The van der Waals surface area contributed by atoms with Gasteiger partial charge in [-0.1, -0.05) is 24.3 Å². The van der Waals surface area contributed by atoms with Gasteiger partial charge < -0.3 is 4.90 Å². The second-order valence-electron chi connectivity index (χ2n) is 5.86. The summed E-state index contributed by atoms with van der Waals surface area (Å²) in [5.41, 5.74) is 2.02. The minimum Gasteiger partial charge on any atom is -0.337 e. The number of piperazine rings is 1. The summed E-state index contributed by atoms with van der Waals surface area (Å²) in [6.45, 7) is 7.19. The zero-order valence-electron chi connectivity index (χ0n) is 14.4. The Labute approximate surface area is 144 Å². The average molecular weight is 348 g/mol. The van der Waals surface area contributed by atoms with E-state index in [4.69, 9.17) is 0 Å². The second kappa shape index (κ2) is 7.77. The normalized spacial score (nSPS) is 17.0. The maximum Gasteiger partial charge on any atom is 0.246 e. The molecule has 0 radical (unpaired) electrons. The third-order valence-corrected chi connectivity index (χ3v) is 6.10. The van der Waals surface area contributed by atoms with Crippen molar-refractivity contribution in [2.45, 2.75) is 25.7 Å². The first kappa shape index (κ1) is 18.4. The summed E-state index contributed by atoms with van der Waals surface area (Å²) in [7, 11) is -3.51. The van der Waals surface area contributed by atoms with Crippen molar-refractivity contribution in [2.24, 2.45) is 0 Å². The van der Waals surface area contributed by atoms with E-state index in [1.54, 1.807) is 29.2 Å². The number of amides is 1. The van der Waals surface area contributed by atoms with Gasteiger partial charge in [0.15, 0.2) is 0 Å². The van der Waals surface area contributed by atoms with E-state index in [2.05, 4.69) is 0 Å². The van der Waals surface area contributed by atoms with Crippen LogP contribution in [0, 0.1) is 13.8 Å². The van der Waals surface area contributed by atoms with E-state index in [0.29, 0.717) is 31.1 Å². The Bertz CT molecular complexity index is 758. The molecule has 1 amide bonds. The van der Waals surface area contributed by atoms with E-state index in [1.807, 2.05) is 32.9 Å². The van der Waals surface area contributed by atoms with E-state index in [9.17, 15) is 13.2 Å². The molecule has 1 heterocycles. The van der Waals surface area contributed by atoms with Crippen molar-refractivity contribution in [1.29, 1.82) is 0 Å². The van der Waals surface area contributed by atoms with Gasteiger partial charge in [0.25, 0.3) is 0 Å². The summed E-state index contributed by atoms with van der Waals surface area (Å²) < 4.78 is 26.9. The van der Waals surface area contributed by atoms with Crippen LogP contribution in [0.15, 0.2) is 47.4 Å². The number of allylic oxidation sites excluding steroid dienone is 3. The van der Waals surface area contributed by atoms with Gasteiger partial charge in [-0.3, -0.25) is 4.79 Å². The van der Waals surface area contributed by atoms with Gasteiger partial charge >= 0.3 is 0 Å².